The van der Waals surface area contributed by atoms with Crippen molar-refractivity contribution in [3.05, 3.63) is 0 Å². The standard InChI is InChI=1S/C16H33NO/c1-6-11-17-15(16(3,4)5)12-18-14-9-7-13(2)8-10-14/h13-15,17H,6-12H2,1-5H3. The summed E-state index contributed by atoms with van der Waals surface area (Å²) in [7, 11) is 0. The molecule has 0 aromatic carbocycles. The summed E-state index contributed by atoms with van der Waals surface area (Å²) < 4.78 is 6.15. The molecule has 2 heteroatoms. The van der Waals surface area contributed by atoms with E-state index in [1.807, 2.05) is 0 Å². The van der Waals surface area contributed by atoms with E-state index in [2.05, 4.69) is 39.9 Å². The van der Waals surface area contributed by atoms with Crippen LogP contribution in [0.3, 0.4) is 0 Å². The van der Waals surface area contributed by atoms with Crippen LogP contribution in [0.1, 0.15) is 66.7 Å². The Bertz CT molecular complexity index is 214. The first kappa shape index (κ1) is 16.0. The molecule has 1 aliphatic carbocycles. The molecular formula is C16H33NO. The summed E-state index contributed by atoms with van der Waals surface area (Å²) in [6.07, 6.45) is 6.89. The fourth-order valence-corrected chi connectivity index (χ4v) is 2.56. The quantitative estimate of drug-likeness (QED) is 0.774. The Balaban J connectivity index is 2.32. The van der Waals surface area contributed by atoms with Crippen molar-refractivity contribution < 1.29 is 4.74 Å². The molecule has 0 heterocycles. The van der Waals surface area contributed by atoms with Gasteiger partial charge in [0.25, 0.3) is 0 Å². The summed E-state index contributed by atoms with van der Waals surface area (Å²) in [4.78, 5) is 0. The lowest BCUT2D eigenvalue weighted by molar-refractivity contribution is -0.00766. The number of hydrogen-bond acceptors (Lipinski definition) is 2. The first-order valence-corrected chi connectivity index (χ1v) is 7.78. The van der Waals surface area contributed by atoms with Crippen LogP contribution in [0.4, 0.5) is 0 Å². The Morgan fingerprint density at radius 3 is 2.28 bits per heavy atom. The topological polar surface area (TPSA) is 21.3 Å². The molecule has 1 rings (SSSR count). The maximum absolute atomic E-state index is 6.15. The number of rotatable bonds is 6. The van der Waals surface area contributed by atoms with Crippen LogP contribution in [-0.4, -0.2) is 25.3 Å². The Kier molecular flexibility index (Phi) is 6.65. The highest BCUT2D eigenvalue weighted by Gasteiger charge is 2.26. The maximum Gasteiger partial charge on any atom is 0.0628 e. The molecule has 1 fully saturated rings. The molecule has 0 aliphatic heterocycles. The van der Waals surface area contributed by atoms with Gasteiger partial charge in [0.15, 0.2) is 0 Å². The van der Waals surface area contributed by atoms with Gasteiger partial charge in [-0.1, -0.05) is 34.6 Å². The average Bonchev–Trinajstić information content (AvgIpc) is 2.30. The van der Waals surface area contributed by atoms with Crippen LogP contribution in [0.5, 0.6) is 0 Å². The summed E-state index contributed by atoms with van der Waals surface area (Å²) in [6.45, 7) is 13.4. The van der Waals surface area contributed by atoms with Crippen molar-refractivity contribution in [3.8, 4) is 0 Å². The molecule has 0 bridgehead atoms. The highest BCUT2D eigenvalue weighted by Crippen LogP contribution is 2.27. The lowest BCUT2D eigenvalue weighted by Crippen LogP contribution is -2.45. The second-order valence-corrected chi connectivity index (χ2v) is 7.09. The van der Waals surface area contributed by atoms with Gasteiger partial charge >= 0.3 is 0 Å². The van der Waals surface area contributed by atoms with E-state index in [-0.39, 0.29) is 5.41 Å². The smallest absolute Gasteiger partial charge is 0.0628 e. The normalized spacial score (nSPS) is 27.2. The zero-order valence-corrected chi connectivity index (χ0v) is 13.1. The van der Waals surface area contributed by atoms with E-state index in [0.29, 0.717) is 12.1 Å². The minimum atomic E-state index is 0.275. The van der Waals surface area contributed by atoms with Crippen LogP contribution in [-0.2, 0) is 4.74 Å². The third kappa shape index (κ3) is 5.71. The minimum absolute atomic E-state index is 0.275. The van der Waals surface area contributed by atoms with Crippen molar-refractivity contribution in [1.82, 2.24) is 5.32 Å². The zero-order chi connectivity index (χ0) is 13.6. The maximum atomic E-state index is 6.15. The first-order chi connectivity index (χ1) is 8.43. The third-order valence-corrected chi connectivity index (χ3v) is 4.15. The highest BCUT2D eigenvalue weighted by molar-refractivity contribution is 4.81. The van der Waals surface area contributed by atoms with Crippen LogP contribution < -0.4 is 5.32 Å². The summed E-state index contributed by atoms with van der Waals surface area (Å²) in [5.74, 6) is 0.904. The molecule has 1 aliphatic rings. The molecule has 0 amide bonds. The van der Waals surface area contributed by atoms with Crippen LogP contribution in [0.25, 0.3) is 0 Å². The van der Waals surface area contributed by atoms with E-state index >= 15 is 0 Å². The van der Waals surface area contributed by atoms with Gasteiger partial charge in [0.1, 0.15) is 0 Å². The molecule has 0 spiro atoms. The van der Waals surface area contributed by atoms with Gasteiger partial charge in [0.05, 0.1) is 12.7 Å². The molecule has 18 heavy (non-hydrogen) atoms. The SMILES string of the molecule is CCCNC(COC1CCC(C)CC1)C(C)(C)C. The van der Waals surface area contributed by atoms with E-state index in [1.165, 1.54) is 32.1 Å². The molecule has 1 unspecified atom stereocenters. The average molecular weight is 255 g/mol. The first-order valence-electron chi connectivity index (χ1n) is 7.78. The number of hydrogen-bond donors (Lipinski definition) is 1. The van der Waals surface area contributed by atoms with Crippen molar-refractivity contribution in [2.75, 3.05) is 13.2 Å². The summed E-state index contributed by atoms with van der Waals surface area (Å²) >= 11 is 0. The van der Waals surface area contributed by atoms with Crippen molar-refractivity contribution in [2.24, 2.45) is 11.3 Å². The summed E-state index contributed by atoms with van der Waals surface area (Å²) in [5, 5.41) is 3.63. The zero-order valence-electron chi connectivity index (χ0n) is 13.1. The fraction of sp³-hybridized carbons (Fsp3) is 1.00. The van der Waals surface area contributed by atoms with Gasteiger partial charge in [-0.05, 0) is 50.0 Å². The van der Waals surface area contributed by atoms with Gasteiger partial charge in [-0.3, -0.25) is 0 Å². The number of ether oxygens (including phenoxy) is 1. The van der Waals surface area contributed by atoms with E-state index < -0.39 is 0 Å². The molecule has 0 radical (unpaired) electrons. The van der Waals surface area contributed by atoms with Gasteiger partial charge < -0.3 is 10.1 Å². The molecule has 0 aromatic heterocycles. The molecule has 1 atom stereocenters. The molecular weight excluding hydrogens is 222 g/mol. The lowest BCUT2D eigenvalue weighted by Gasteiger charge is -2.34. The van der Waals surface area contributed by atoms with E-state index in [9.17, 15) is 0 Å². The molecule has 0 aromatic rings. The largest absolute Gasteiger partial charge is 0.377 e. The summed E-state index contributed by atoms with van der Waals surface area (Å²) in [6, 6.07) is 0.469. The Hall–Kier alpha value is -0.0800. The predicted octanol–water partition coefficient (Wildman–Crippen LogP) is 4.00. The molecule has 108 valence electrons. The monoisotopic (exact) mass is 255 g/mol. The minimum Gasteiger partial charge on any atom is -0.377 e. The Morgan fingerprint density at radius 2 is 1.78 bits per heavy atom. The second kappa shape index (κ2) is 7.49. The van der Waals surface area contributed by atoms with E-state index in [4.69, 9.17) is 4.74 Å². The van der Waals surface area contributed by atoms with Gasteiger partial charge in [-0.15, -0.1) is 0 Å². The number of nitrogens with one attached hydrogen (secondary N) is 1. The van der Waals surface area contributed by atoms with Crippen molar-refractivity contribution in [2.45, 2.75) is 78.9 Å². The van der Waals surface area contributed by atoms with Gasteiger partial charge in [-0.2, -0.15) is 0 Å². The lowest BCUT2D eigenvalue weighted by atomic mass is 9.86. The van der Waals surface area contributed by atoms with Crippen LogP contribution in [0.2, 0.25) is 0 Å². The van der Waals surface area contributed by atoms with E-state index in [0.717, 1.165) is 19.1 Å². The van der Waals surface area contributed by atoms with Gasteiger partial charge in [0, 0.05) is 6.04 Å². The predicted molar refractivity (Wildman–Crippen MR) is 78.9 cm³/mol. The van der Waals surface area contributed by atoms with Crippen LogP contribution in [0.15, 0.2) is 0 Å². The van der Waals surface area contributed by atoms with E-state index in [1.54, 1.807) is 0 Å². The van der Waals surface area contributed by atoms with Gasteiger partial charge in [-0.25, -0.2) is 0 Å². The van der Waals surface area contributed by atoms with Crippen LogP contribution >= 0.6 is 0 Å². The fourth-order valence-electron chi connectivity index (χ4n) is 2.56. The molecule has 2 nitrogen and oxygen atoms in total. The highest BCUT2D eigenvalue weighted by atomic mass is 16.5. The molecule has 0 saturated heterocycles. The van der Waals surface area contributed by atoms with Crippen molar-refractivity contribution in [1.29, 1.82) is 0 Å². The molecule has 1 saturated carbocycles. The van der Waals surface area contributed by atoms with Crippen molar-refractivity contribution in [3.63, 3.8) is 0 Å². The Labute approximate surface area is 114 Å². The van der Waals surface area contributed by atoms with Gasteiger partial charge in [0.2, 0.25) is 0 Å². The van der Waals surface area contributed by atoms with Crippen molar-refractivity contribution >= 4 is 0 Å². The molecule has 1 N–H and O–H groups in total. The van der Waals surface area contributed by atoms with Crippen LogP contribution in [0, 0.1) is 11.3 Å². The Morgan fingerprint density at radius 1 is 1.17 bits per heavy atom. The summed E-state index contributed by atoms with van der Waals surface area (Å²) in [5.41, 5.74) is 0.275. The third-order valence-electron chi connectivity index (χ3n) is 4.15. The second-order valence-electron chi connectivity index (χ2n) is 7.09.